The predicted octanol–water partition coefficient (Wildman–Crippen LogP) is 4.75. The van der Waals surface area contributed by atoms with Gasteiger partial charge in [0.2, 0.25) is 0 Å². The van der Waals surface area contributed by atoms with E-state index < -0.39 is 30.2 Å². The molecule has 0 radical (unpaired) electrons. The number of unbranched alkanes of at least 4 members (excludes halogenated alkanes) is 1. The third kappa shape index (κ3) is 14.5. The van der Waals surface area contributed by atoms with Crippen LogP contribution in [0.3, 0.4) is 0 Å². The van der Waals surface area contributed by atoms with Gasteiger partial charge in [-0.15, -0.1) is 0 Å². The highest BCUT2D eigenvalue weighted by Gasteiger charge is 2.38. The van der Waals surface area contributed by atoms with Gasteiger partial charge in [-0.2, -0.15) is 26.3 Å². The predicted molar refractivity (Wildman–Crippen MR) is 137 cm³/mol. The summed E-state index contributed by atoms with van der Waals surface area (Å²) in [5.41, 5.74) is 4.66. The fourth-order valence-electron chi connectivity index (χ4n) is 3.55. The molecule has 0 saturated carbocycles. The normalized spacial score (nSPS) is 12.0. The Labute approximate surface area is 232 Å². The Kier molecular flexibility index (Phi) is 14.5. The molecular formula is C25H34F6N4O6. The van der Waals surface area contributed by atoms with Crippen LogP contribution in [0.1, 0.15) is 45.0 Å². The van der Waals surface area contributed by atoms with Crippen LogP contribution in [-0.4, -0.2) is 80.7 Å². The Balaban J connectivity index is 0.000000941. The van der Waals surface area contributed by atoms with Gasteiger partial charge in [-0.1, -0.05) is 33.3 Å². The molecule has 0 aliphatic rings. The molecule has 0 fully saturated rings. The molecule has 1 heterocycles. The van der Waals surface area contributed by atoms with Gasteiger partial charge in [0.25, 0.3) is 5.91 Å². The van der Waals surface area contributed by atoms with E-state index in [9.17, 15) is 31.1 Å². The van der Waals surface area contributed by atoms with Crippen LogP contribution in [0.2, 0.25) is 0 Å². The lowest BCUT2D eigenvalue weighted by molar-refractivity contribution is -0.193. The fraction of sp³-hybridized carbons (Fsp3) is 0.520. The zero-order valence-corrected chi connectivity index (χ0v) is 23.1. The highest BCUT2D eigenvalue weighted by atomic mass is 19.4. The zero-order chi connectivity index (χ0) is 32.2. The van der Waals surface area contributed by atoms with E-state index in [4.69, 9.17) is 30.0 Å². The van der Waals surface area contributed by atoms with E-state index in [0.717, 1.165) is 54.8 Å². The second-order valence-corrected chi connectivity index (χ2v) is 9.78. The number of amides is 1. The summed E-state index contributed by atoms with van der Waals surface area (Å²) >= 11 is 0. The van der Waals surface area contributed by atoms with E-state index in [-0.39, 0.29) is 5.41 Å². The highest BCUT2D eigenvalue weighted by Crippen LogP contribution is 2.26. The molecule has 2 aromatic rings. The molecular weight excluding hydrogens is 566 g/mol. The topological polar surface area (TPSA) is 145 Å². The van der Waals surface area contributed by atoms with Crippen molar-refractivity contribution in [2.75, 3.05) is 20.6 Å². The van der Waals surface area contributed by atoms with Gasteiger partial charge < -0.3 is 19.7 Å². The van der Waals surface area contributed by atoms with Crippen LogP contribution in [0.25, 0.3) is 17.1 Å². The number of alkyl halides is 6. The molecule has 4 N–H and O–H groups in total. The molecule has 41 heavy (non-hydrogen) atoms. The minimum atomic E-state index is -5.08. The third-order valence-electron chi connectivity index (χ3n) is 4.96. The Bertz CT molecular complexity index is 1170. The molecule has 0 unspecified atom stereocenters. The molecule has 16 heteroatoms. The van der Waals surface area contributed by atoms with E-state index in [1.807, 2.05) is 12.1 Å². The Morgan fingerprint density at radius 3 is 1.95 bits per heavy atom. The van der Waals surface area contributed by atoms with Gasteiger partial charge >= 0.3 is 24.3 Å². The summed E-state index contributed by atoms with van der Waals surface area (Å²) in [6.45, 7) is 8.66. The number of hydroxylamine groups is 1. The van der Waals surface area contributed by atoms with Crippen molar-refractivity contribution in [3.63, 3.8) is 0 Å². The van der Waals surface area contributed by atoms with Crippen LogP contribution in [0.15, 0.2) is 24.3 Å². The summed E-state index contributed by atoms with van der Waals surface area (Å²) in [6, 6.07) is 6.03. The first-order chi connectivity index (χ1) is 18.6. The minimum absolute atomic E-state index is 0.121. The fourth-order valence-corrected chi connectivity index (χ4v) is 3.55. The van der Waals surface area contributed by atoms with E-state index >= 15 is 0 Å². The number of hydrogen-bond donors (Lipinski definition) is 4. The molecule has 0 aliphatic heterocycles. The summed E-state index contributed by atoms with van der Waals surface area (Å²) < 4.78 is 65.8. The van der Waals surface area contributed by atoms with E-state index in [2.05, 4.69) is 50.4 Å². The number of halogens is 6. The van der Waals surface area contributed by atoms with Crippen molar-refractivity contribution in [3.05, 3.63) is 35.7 Å². The number of rotatable bonds is 9. The smallest absolute Gasteiger partial charge is 0.475 e. The number of benzene rings is 1. The molecule has 2 rings (SSSR count). The third-order valence-corrected chi connectivity index (χ3v) is 4.96. The summed E-state index contributed by atoms with van der Waals surface area (Å²) in [5, 5.41) is 22.9. The maximum absolute atomic E-state index is 11.2. The number of aliphatic carboxylic acids is 2. The molecule has 1 aromatic heterocycles. The number of nitrogens with zero attached hydrogens (tertiary/aromatic N) is 3. The summed E-state index contributed by atoms with van der Waals surface area (Å²) in [5.74, 6) is -4.94. The van der Waals surface area contributed by atoms with Crippen LogP contribution in [0, 0.1) is 5.41 Å². The van der Waals surface area contributed by atoms with Crippen LogP contribution < -0.4 is 5.48 Å². The zero-order valence-electron chi connectivity index (χ0n) is 23.1. The summed E-state index contributed by atoms with van der Waals surface area (Å²) in [4.78, 5) is 36.1. The van der Waals surface area contributed by atoms with Crippen molar-refractivity contribution in [3.8, 4) is 0 Å². The number of carbonyl (C=O) groups is 3. The minimum Gasteiger partial charge on any atom is -0.475 e. The first-order valence-corrected chi connectivity index (χ1v) is 12.0. The average molecular weight is 601 g/mol. The molecule has 0 atom stereocenters. The number of imidazole rings is 1. The Morgan fingerprint density at radius 1 is 1.02 bits per heavy atom. The Morgan fingerprint density at radius 2 is 1.54 bits per heavy atom. The lowest BCUT2D eigenvalue weighted by Gasteiger charge is -2.29. The van der Waals surface area contributed by atoms with Gasteiger partial charge in [0.05, 0.1) is 11.0 Å². The summed E-state index contributed by atoms with van der Waals surface area (Å²) in [6.07, 6.45) is -3.99. The van der Waals surface area contributed by atoms with Gasteiger partial charge in [0.1, 0.15) is 5.82 Å². The summed E-state index contributed by atoms with van der Waals surface area (Å²) in [7, 11) is 4.21. The van der Waals surface area contributed by atoms with E-state index in [1.54, 1.807) is 11.6 Å². The van der Waals surface area contributed by atoms with Crippen LogP contribution in [0.4, 0.5) is 26.3 Å². The largest absolute Gasteiger partial charge is 0.490 e. The average Bonchev–Trinajstić information content (AvgIpc) is 3.15. The first-order valence-electron chi connectivity index (χ1n) is 12.0. The van der Waals surface area contributed by atoms with Gasteiger partial charge in [-0.25, -0.2) is 20.1 Å². The van der Waals surface area contributed by atoms with Crippen molar-refractivity contribution in [1.29, 1.82) is 0 Å². The number of carbonyl (C=O) groups excluding carboxylic acids is 1. The molecule has 0 spiro atoms. The quantitative estimate of drug-likeness (QED) is 0.140. The number of fused-ring (bicyclic) bond motifs is 1. The Hall–Kier alpha value is -3.66. The SMILES string of the molecule is CCCCc1nc2cc(/C=C/C(=O)NO)ccc2n1CC(C)(C)CN(C)C.O=C(O)C(F)(F)F.O=C(O)C(F)(F)F. The van der Waals surface area contributed by atoms with E-state index in [1.165, 1.54) is 6.08 Å². The standard InChI is InChI=1S/C21H32N4O2.2C2HF3O2/c1-6-7-8-19-22-17-13-16(10-12-20(26)23-27)9-11-18(17)25(19)15-21(2,3)14-24(4)5;2*3-2(4,5)1(6)7/h9-13,27H,6-8,14-15H2,1-5H3,(H,23,26);2*(H,6,7)/b12-10+;;. The van der Waals surface area contributed by atoms with E-state index in [0.29, 0.717) is 0 Å². The number of carboxylic acids is 2. The lowest BCUT2D eigenvalue weighted by atomic mass is 9.92. The van der Waals surface area contributed by atoms with Crippen LogP contribution in [0.5, 0.6) is 0 Å². The molecule has 0 bridgehead atoms. The van der Waals surface area contributed by atoms with Crippen molar-refractivity contribution < 1.29 is 56.1 Å². The maximum atomic E-state index is 11.2. The molecule has 0 aliphatic carbocycles. The second kappa shape index (κ2) is 16.0. The molecule has 232 valence electrons. The second-order valence-electron chi connectivity index (χ2n) is 9.78. The highest BCUT2D eigenvalue weighted by molar-refractivity contribution is 5.91. The van der Waals surface area contributed by atoms with Gasteiger partial charge in [-0.05, 0) is 49.7 Å². The molecule has 1 amide bonds. The van der Waals surface area contributed by atoms with Crippen molar-refractivity contribution >= 4 is 35.0 Å². The lowest BCUT2D eigenvalue weighted by Crippen LogP contribution is -2.32. The van der Waals surface area contributed by atoms with Gasteiger partial charge in [0.15, 0.2) is 0 Å². The monoisotopic (exact) mass is 600 g/mol. The van der Waals surface area contributed by atoms with Gasteiger partial charge in [0, 0.05) is 25.6 Å². The molecule has 10 nitrogen and oxygen atoms in total. The van der Waals surface area contributed by atoms with Crippen LogP contribution >= 0.6 is 0 Å². The number of aromatic nitrogens is 2. The van der Waals surface area contributed by atoms with Crippen molar-refractivity contribution in [2.24, 2.45) is 5.41 Å². The van der Waals surface area contributed by atoms with Crippen molar-refractivity contribution in [1.82, 2.24) is 19.9 Å². The van der Waals surface area contributed by atoms with Crippen molar-refractivity contribution in [2.45, 2.75) is 58.9 Å². The van der Waals surface area contributed by atoms with Crippen LogP contribution in [-0.2, 0) is 27.3 Å². The maximum Gasteiger partial charge on any atom is 0.490 e. The number of nitrogens with one attached hydrogen (secondary N) is 1. The number of hydrogen-bond acceptors (Lipinski definition) is 6. The molecule has 0 saturated heterocycles. The number of aryl methyl sites for hydroxylation is 1. The first kappa shape index (κ1) is 37.3. The molecule has 1 aromatic carbocycles. The number of carboxylic acid groups (broad SMARTS) is 2. The van der Waals surface area contributed by atoms with Gasteiger partial charge in [-0.3, -0.25) is 10.0 Å².